The Balaban J connectivity index is 0.00000243. The summed E-state index contributed by atoms with van der Waals surface area (Å²) in [6.45, 7) is 3.89. The van der Waals surface area contributed by atoms with Crippen LogP contribution in [-0.4, -0.2) is 63.0 Å². The van der Waals surface area contributed by atoms with Gasteiger partial charge in [-0.05, 0) is 52.9 Å². The molecule has 3 rings (SSSR count). The number of aliphatic imine (C=N–C) groups is 1. The molecule has 0 amide bonds. The molecule has 1 N–H and O–H groups in total. The van der Waals surface area contributed by atoms with Crippen LogP contribution in [-0.2, 0) is 15.9 Å². The van der Waals surface area contributed by atoms with Crippen LogP contribution in [0.1, 0.15) is 18.4 Å². The number of nitrogens with zero attached hydrogens (tertiary/aromatic N) is 2. The second kappa shape index (κ2) is 10.8. The summed E-state index contributed by atoms with van der Waals surface area (Å²) in [6.07, 6.45) is 3.31. The number of hydrogen-bond donors (Lipinski definition) is 1. The molecule has 0 bridgehead atoms. The number of nitrogens with one attached hydrogen (secondary N) is 1. The predicted octanol–water partition coefficient (Wildman–Crippen LogP) is 3.20. The molecule has 2 saturated heterocycles. The zero-order chi connectivity index (χ0) is 17.6. The average Bonchev–Trinajstić information content (AvgIpc) is 3.16. The third kappa shape index (κ3) is 5.77. The van der Waals surface area contributed by atoms with Gasteiger partial charge >= 0.3 is 0 Å². The molecule has 8 heteroatoms. The maximum Gasteiger partial charge on any atom is 0.193 e. The normalized spacial score (nSPS) is 23.7. The first-order valence-corrected chi connectivity index (χ1v) is 9.59. The van der Waals surface area contributed by atoms with Crippen LogP contribution in [0.3, 0.4) is 0 Å². The highest BCUT2D eigenvalue weighted by Crippen LogP contribution is 2.21. The number of benzene rings is 1. The molecular weight excluding hydrogens is 516 g/mol. The zero-order valence-corrected chi connectivity index (χ0v) is 18.8. The molecule has 2 aliphatic rings. The number of halogens is 3. The van der Waals surface area contributed by atoms with Crippen molar-refractivity contribution in [1.82, 2.24) is 10.2 Å². The molecule has 2 aliphatic heterocycles. The van der Waals surface area contributed by atoms with E-state index in [9.17, 15) is 4.39 Å². The summed E-state index contributed by atoms with van der Waals surface area (Å²) in [6, 6.07) is 5.12. The highest BCUT2D eigenvalue weighted by atomic mass is 127. The Bertz CT molecular complexity index is 614. The molecule has 2 heterocycles. The van der Waals surface area contributed by atoms with Gasteiger partial charge in [-0.2, -0.15) is 0 Å². The SMILES string of the molecule is CN=C(NCCc1ccc(F)c(Br)c1)N1CCOC(C2CCCO2)C1.I. The Kier molecular flexibility index (Phi) is 9.05. The third-order valence-corrected chi connectivity index (χ3v) is 5.27. The van der Waals surface area contributed by atoms with Gasteiger partial charge in [0.15, 0.2) is 5.96 Å². The Morgan fingerprint density at radius 3 is 2.85 bits per heavy atom. The second-order valence-electron chi connectivity index (χ2n) is 6.38. The third-order valence-electron chi connectivity index (χ3n) is 4.67. The fraction of sp³-hybridized carbons (Fsp3) is 0.611. The summed E-state index contributed by atoms with van der Waals surface area (Å²) in [5.41, 5.74) is 1.08. The van der Waals surface area contributed by atoms with E-state index in [4.69, 9.17) is 9.47 Å². The van der Waals surface area contributed by atoms with Gasteiger partial charge in [0.05, 0.1) is 17.2 Å². The number of hydrogen-bond acceptors (Lipinski definition) is 3. The number of morpholine rings is 1. The van der Waals surface area contributed by atoms with E-state index >= 15 is 0 Å². The maximum absolute atomic E-state index is 13.3. The molecule has 146 valence electrons. The molecule has 0 saturated carbocycles. The molecule has 2 fully saturated rings. The van der Waals surface area contributed by atoms with E-state index in [1.165, 1.54) is 6.07 Å². The van der Waals surface area contributed by atoms with Crippen molar-refractivity contribution >= 4 is 45.9 Å². The van der Waals surface area contributed by atoms with Crippen molar-refractivity contribution in [3.05, 3.63) is 34.1 Å². The van der Waals surface area contributed by atoms with Crippen molar-refractivity contribution in [3.63, 3.8) is 0 Å². The van der Waals surface area contributed by atoms with Crippen LogP contribution >= 0.6 is 39.9 Å². The quantitative estimate of drug-likeness (QED) is 0.361. The van der Waals surface area contributed by atoms with Gasteiger partial charge in [-0.15, -0.1) is 24.0 Å². The van der Waals surface area contributed by atoms with Crippen molar-refractivity contribution in [2.75, 3.05) is 39.9 Å². The Labute approximate surface area is 179 Å². The van der Waals surface area contributed by atoms with Crippen molar-refractivity contribution < 1.29 is 13.9 Å². The zero-order valence-electron chi connectivity index (χ0n) is 14.9. The van der Waals surface area contributed by atoms with Gasteiger partial charge in [0.2, 0.25) is 0 Å². The predicted molar refractivity (Wildman–Crippen MR) is 115 cm³/mol. The monoisotopic (exact) mass is 541 g/mol. The largest absolute Gasteiger partial charge is 0.375 e. The van der Waals surface area contributed by atoms with Crippen LogP contribution in [0.4, 0.5) is 4.39 Å². The van der Waals surface area contributed by atoms with Crippen molar-refractivity contribution in [1.29, 1.82) is 0 Å². The van der Waals surface area contributed by atoms with Crippen molar-refractivity contribution in [2.24, 2.45) is 4.99 Å². The van der Waals surface area contributed by atoms with Gasteiger partial charge in [0, 0.05) is 33.3 Å². The highest BCUT2D eigenvalue weighted by Gasteiger charge is 2.32. The van der Waals surface area contributed by atoms with E-state index < -0.39 is 0 Å². The van der Waals surface area contributed by atoms with E-state index in [1.807, 2.05) is 12.1 Å². The summed E-state index contributed by atoms with van der Waals surface area (Å²) in [5, 5.41) is 3.40. The van der Waals surface area contributed by atoms with E-state index in [1.54, 1.807) is 7.05 Å². The number of ether oxygens (including phenoxy) is 2. The lowest BCUT2D eigenvalue weighted by molar-refractivity contribution is -0.0816. The lowest BCUT2D eigenvalue weighted by Gasteiger charge is -2.37. The van der Waals surface area contributed by atoms with Crippen LogP contribution in [0.25, 0.3) is 0 Å². The highest BCUT2D eigenvalue weighted by molar-refractivity contribution is 14.0. The lowest BCUT2D eigenvalue weighted by Crippen LogP contribution is -2.53. The van der Waals surface area contributed by atoms with Crippen molar-refractivity contribution in [2.45, 2.75) is 31.5 Å². The minimum atomic E-state index is -0.235. The molecule has 0 radical (unpaired) electrons. The molecule has 0 aliphatic carbocycles. The topological polar surface area (TPSA) is 46.1 Å². The molecular formula is C18H26BrFIN3O2. The standard InChI is InChI=1S/C18H25BrFN3O2.HI/c1-21-18(22-7-6-13-4-5-15(20)14(19)11-13)23-8-10-25-17(12-23)16-3-2-9-24-16;/h4-5,11,16-17H,2-3,6-10,12H2,1H3,(H,21,22);1H. The molecule has 1 aromatic rings. The van der Waals surface area contributed by atoms with E-state index in [-0.39, 0.29) is 42.0 Å². The summed E-state index contributed by atoms with van der Waals surface area (Å²) >= 11 is 3.23. The first-order chi connectivity index (χ1) is 12.2. The van der Waals surface area contributed by atoms with E-state index in [0.717, 1.165) is 57.0 Å². The number of rotatable bonds is 4. The van der Waals surface area contributed by atoms with Gasteiger partial charge in [0.1, 0.15) is 11.9 Å². The minimum absolute atomic E-state index is 0. The van der Waals surface area contributed by atoms with Crippen LogP contribution in [0, 0.1) is 5.82 Å². The van der Waals surface area contributed by atoms with Crippen molar-refractivity contribution in [3.8, 4) is 0 Å². The molecule has 2 atom stereocenters. The van der Waals surface area contributed by atoms with Crippen LogP contribution in [0.15, 0.2) is 27.7 Å². The summed E-state index contributed by atoms with van der Waals surface area (Å²) in [4.78, 5) is 6.63. The first kappa shape index (κ1) is 21.8. The molecule has 0 aromatic heterocycles. The molecule has 2 unspecified atom stereocenters. The molecule has 0 spiro atoms. The summed E-state index contributed by atoms with van der Waals surface area (Å²) in [7, 11) is 1.80. The molecule has 5 nitrogen and oxygen atoms in total. The number of guanidine groups is 1. The molecule has 26 heavy (non-hydrogen) atoms. The van der Waals surface area contributed by atoms with Crippen LogP contribution in [0.5, 0.6) is 0 Å². The second-order valence-corrected chi connectivity index (χ2v) is 7.23. The maximum atomic E-state index is 13.3. The Morgan fingerprint density at radius 1 is 1.35 bits per heavy atom. The van der Waals surface area contributed by atoms with Crippen LogP contribution in [0.2, 0.25) is 0 Å². The molecule has 1 aromatic carbocycles. The van der Waals surface area contributed by atoms with Gasteiger partial charge in [-0.3, -0.25) is 4.99 Å². The average molecular weight is 542 g/mol. The minimum Gasteiger partial charge on any atom is -0.375 e. The van der Waals surface area contributed by atoms with Gasteiger partial charge in [0.25, 0.3) is 0 Å². The summed E-state index contributed by atoms with van der Waals surface area (Å²) < 4.78 is 25.5. The van der Waals surface area contributed by atoms with Gasteiger partial charge in [-0.25, -0.2) is 4.39 Å². The van der Waals surface area contributed by atoms with Gasteiger partial charge in [-0.1, -0.05) is 6.07 Å². The van der Waals surface area contributed by atoms with E-state index in [2.05, 4.69) is 31.1 Å². The van der Waals surface area contributed by atoms with Gasteiger partial charge < -0.3 is 19.7 Å². The first-order valence-electron chi connectivity index (χ1n) is 8.80. The smallest absolute Gasteiger partial charge is 0.193 e. The fourth-order valence-electron chi connectivity index (χ4n) is 3.33. The summed E-state index contributed by atoms with van der Waals surface area (Å²) in [5.74, 6) is 0.647. The fourth-order valence-corrected chi connectivity index (χ4v) is 3.76. The lowest BCUT2D eigenvalue weighted by atomic mass is 10.1. The Morgan fingerprint density at radius 2 is 2.15 bits per heavy atom. The Hall–Kier alpha value is -0.450. The van der Waals surface area contributed by atoms with E-state index in [0.29, 0.717) is 11.1 Å². The van der Waals surface area contributed by atoms with Crippen LogP contribution < -0.4 is 5.32 Å².